The average molecular weight is 596 g/mol. The molecule has 2 unspecified atom stereocenters. The lowest BCUT2D eigenvalue weighted by molar-refractivity contribution is -0.137. The van der Waals surface area contributed by atoms with Crippen LogP contribution in [0.4, 0.5) is 19.0 Å². The maximum absolute atomic E-state index is 14.6. The van der Waals surface area contributed by atoms with Gasteiger partial charge in [0.15, 0.2) is 0 Å². The van der Waals surface area contributed by atoms with Gasteiger partial charge in [-0.05, 0) is 50.3 Å². The van der Waals surface area contributed by atoms with Gasteiger partial charge in [0, 0.05) is 54.3 Å². The van der Waals surface area contributed by atoms with Gasteiger partial charge in [-0.1, -0.05) is 0 Å². The standard InChI is InChI=1S/C29H28F3N7O2S/c1-14-9-20-19(10-34-38-20)21(23(14)29(30,31)32)24-25-18(6-7-33-24)22-26(39-11-15-4-5-16(12-39)35-15)36-28(37-27(22)42-25)41-13-17-3-2-8-40-17/h6-7,9-10,15-17,35H,2-5,8,11-13H2,1H3,(H,34,38)/t15?,16?,17-/m1/s1. The summed E-state index contributed by atoms with van der Waals surface area (Å²) in [4.78, 5) is 17.2. The first-order valence-corrected chi connectivity index (χ1v) is 15.0. The molecular formula is C29H28F3N7O2S. The number of hydrogen-bond donors (Lipinski definition) is 2. The van der Waals surface area contributed by atoms with Crippen molar-refractivity contribution >= 4 is 48.4 Å². The lowest BCUT2D eigenvalue weighted by Crippen LogP contribution is -2.51. The lowest BCUT2D eigenvalue weighted by Gasteiger charge is -2.34. The van der Waals surface area contributed by atoms with Crippen LogP contribution in [0.2, 0.25) is 0 Å². The topological polar surface area (TPSA) is 101 Å². The van der Waals surface area contributed by atoms with Crippen LogP contribution >= 0.6 is 11.3 Å². The monoisotopic (exact) mass is 595 g/mol. The van der Waals surface area contributed by atoms with Crippen molar-refractivity contribution in [2.24, 2.45) is 0 Å². The van der Waals surface area contributed by atoms with Crippen LogP contribution in [-0.2, 0) is 10.9 Å². The highest BCUT2D eigenvalue weighted by atomic mass is 32.1. The highest BCUT2D eigenvalue weighted by Crippen LogP contribution is 2.48. The van der Waals surface area contributed by atoms with Gasteiger partial charge >= 0.3 is 12.2 Å². The summed E-state index contributed by atoms with van der Waals surface area (Å²) in [6, 6.07) is 4.32. The Hall–Kier alpha value is -3.55. The number of benzene rings is 1. The number of rotatable bonds is 5. The Kier molecular flexibility index (Phi) is 6.06. The van der Waals surface area contributed by atoms with Crippen LogP contribution in [0.15, 0.2) is 24.5 Å². The van der Waals surface area contributed by atoms with E-state index in [0.717, 1.165) is 62.0 Å². The molecule has 0 saturated carbocycles. The first-order valence-electron chi connectivity index (χ1n) is 14.2. The van der Waals surface area contributed by atoms with E-state index in [1.807, 2.05) is 6.07 Å². The Morgan fingerprint density at radius 2 is 1.98 bits per heavy atom. The molecule has 0 spiro atoms. The Balaban J connectivity index is 1.35. The molecule has 3 aliphatic rings. The van der Waals surface area contributed by atoms with Gasteiger partial charge < -0.3 is 19.7 Å². The largest absolute Gasteiger partial charge is 0.461 e. The molecule has 13 heteroatoms. The maximum atomic E-state index is 14.6. The summed E-state index contributed by atoms with van der Waals surface area (Å²) < 4.78 is 56.1. The number of aryl methyl sites for hydroxylation is 1. The predicted molar refractivity (Wildman–Crippen MR) is 154 cm³/mol. The van der Waals surface area contributed by atoms with Crippen LogP contribution in [0.1, 0.15) is 36.8 Å². The fourth-order valence-corrected chi connectivity index (χ4v) is 7.94. The van der Waals surface area contributed by atoms with E-state index in [1.165, 1.54) is 30.5 Å². The molecule has 42 heavy (non-hydrogen) atoms. The van der Waals surface area contributed by atoms with E-state index in [1.54, 1.807) is 6.20 Å². The number of aromatic amines is 1. The number of nitrogens with zero attached hydrogens (tertiary/aromatic N) is 5. The van der Waals surface area contributed by atoms with Crippen LogP contribution in [0.25, 0.3) is 42.5 Å². The van der Waals surface area contributed by atoms with E-state index >= 15 is 0 Å². The van der Waals surface area contributed by atoms with E-state index in [0.29, 0.717) is 39.1 Å². The molecule has 4 aromatic heterocycles. The van der Waals surface area contributed by atoms with Crippen molar-refractivity contribution in [1.82, 2.24) is 30.5 Å². The Morgan fingerprint density at radius 1 is 1.14 bits per heavy atom. The summed E-state index contributed by atoms with van der Waals surface area (Å²) in [6.45, 7) is 4.12. The zero-order valence-corrected chi connectivity index (χ0v) is 23.6. The summed E-state index contributed by atoms with van der Waals surface area (Å²) in [6.07, 6.45) is 2.55. The molecule has 2 bridgehead atoms. The van der Waals surface area contributed by atoms with Gasteiger partial charge in [0.05, 0.1) is 39.2 Å². The Labute approximate surface area is 242 Å². The number of piperazine rings is 1. The second-order valence-electron chi connectivity index (χ2n) is 11.4. The molecule has 1 aromatic carbocycles. The van der Waals surface area contributed by atoms with Gasteiger partial charge in [0.2, 0.25) is 0 Å². The van der Waals surface area contributed by atoms with Crippen LogP contribution < -0.4 is 15.0 Å². The summed E-state index contributed by atoms with van der Waals surface area (Å²) in [5, 5.41) is 12.5. The number of alkyl halides is 3. The number of ether oxygens (including phenoxy) is 2. The number of pyridine rings is 1. The summed E-state index contributed by atoms with van der Waals surface area (Å²) in [7, 11) is 0. The first kappa shape index (κ1) is 26.1. The van der Waals surface area contributed by atoms with E-state index in [2.05, 4.69) is 25.4 Å². The maximum Gasteiger partial charge on any atom is 0.417 e. The molecule has 0 aliphatic carbocycles. The van der Waals surface area contributed by atoms with Crippen LogP contribution in [0.3, 0.4) is 0 Å². The van der Waals surface area contributed by atoms with Crippen molar-refractivity contribution in [2.75, 3.05) is 31.2 Å². The van der Waals surface area contributed by atoms with Crippen LogP contribution in [-0.4, -0.2) is 69.6 Å². The van der Waals surface area contributed by atoms with Gasteiger partial charge in [0.25, 0.3) is 0 Å². The van der Waals surface area contributed by atoms with Gasteiger partial charge in [-0.2, -0.15) is 28.2 Å². The molecule has 8 rings (SSSR count). The molecule has 3 saturated heterocycles. The third-order valence-electron chi connectivity index (χ3n) is 8.61. The molecule has 3 aliphatic heterocycles. The predicted octanol–water partition coefficient (Wildman–Crippen LogP) is 5.61. The number of anilines is 1. The second kappa shape index (κ2) is 9.75. The lowest BCUT2D eigenvalue weighted by atomic mass is 9.94. The van der Waals surface area contributed by atoms with Crippen LogP contribution in [0.5, 0.6) is 6.01 Å². The average Bonchev–Trinajstić information content (AvgIpc) is 3.76. The SMILES string of the molecule is Cc1cc2[nH]ncc2c(-c2nccc3c2sc2nc(OC[C@H]4CCCO4)nc(N4CC5CCC(C4)N5)c23)c1C(F)(F)F. The zero-order chi connectivity index (χ0) is 28.6. The molecule has 9 nitrogen and oxygen atoms in total. The molecule has 3 fully saturated rings. The van der Waals surface area contributed by atoms with Crippen molar-refractivity contribution in [3.63, 3.8) is 0 Å². The van der Waals surface area contributed by atoms with Gasteiger partial charge in [-0.3, -0.25) is 10.1 Å². The minimum Gasteiger partial charge on any atom is -0.461 e. The quantitative estimate of drug-likeness (QED) is 0.271. The number of hydrogen-bond acceptors (Lipinski definition) is 9. The van der Waals surface area contributed by atoms with Crippen molar-refractivity contribution in [3.8, 4) is 17.3 Å². The number of nitrogens with one attached hydrogen (secondary N) is 2. The molecule has 218 valence electrons. The fourth-order valence-electron chi connectivity index (χ4n) is 6.79. The van der Waals surface area contributed by atoms with Crippen molar-refractivity contribution in [2.45, 2.75) is 57.0 Å². The number of aromatic nitrogens is 5. The molecule has 7 heterocycles. The molecule has 2 N–H and O–H groups in total. The highest BCUT2D eigenvalue weighted by Gasteiger charge is 2.39. The number of halogens is 3. The minimum absolute atomic E-state index is 0.000433. The van der Waals surface area contributed by atoms with Crippen LogP contribution in [0, 0.1) is 6.92 Å². The van der Waals surface area contributed by atoms with Crippen molar-refractivity contribution < 1.29 is 22.6 Å². The van der Waals surface area contributed by atoms with E-state index < -0.39 is 11.7 Å². The molecule has 0 radical (unpaired) electrons. The fraction of sp³-hybridized carbons (Fsp3) is 0.448. The summed E-state index contributed by atoms with van der Waals surface area (Å²) in [5.41, 5.74) is 0.200. The van der Waals surface area contributed by atoms with Gasteiger partial charge in [-0.15, -0.1) is 11.3 Å². The smallest absolute Gasteiger partial charge is 0.417 e. The first-order chi connectivity index (χ1) is 20.3. The highest BCUT2D eigenvalue weighted by molar-refractivity contribution is 7.26. The normalized spacial score (nSPS) is 22.7. The van der Waals surface area contributed by atoms with E-state index in [-0.39, 0.29) is 28.9 Å². The Morgan fingerprint density at radius 3 is 2.74 bits per heavy atom. The van der Waals surface area contributed by atoms with Gasteiger partial charge in [-0.25, -0.2) is 0 Å². The summed E-state index contributed by atoms with van der Waals surface area (Å²) in [5.74, 6) is 0.748. The summed E-state index contributed by atoms with van der Waals surface area (Å²) >= 11 is 1.32. The zero-order valence-electron chi connectivity index (χ0n) is 22.8. The number of H-pyrrole nitrogens is 1. The molecule has 3 atom stereocenters. The molecule has 0 amide bonds. The number of fused-ring (bicyclic) bond motifs is 6. The third-order valence-corrected chi connectivity index (χ3v) is 9.72. The van der Waals surface area contributed by atoms with E-state index in [9.17, 15) is 13.2 Å². The number of thiophene rings is 1. The van der Waals surface area contributed by atoms with Gasteiger partial charge in [0.1, 0.15) is 17.3 Å². The molecular weight excluding hydrogens is 567 g/mol. The van der Waals surface area contributed by atoms with E-state index in [4.69, 9.17) is 19.4 Å². The molecule has 5 aromatic rings. The minimum atomic E-state index is -4.58. The van der Waals surface area contributed by atoms with Crippen molar-refractivity contribution in [3.05, 3.63) is 35.7 Å². The second-order valence-corrected chi connectivity index (χ2v) is 12.4. The van der Waals surface area contributed by atoms with Crippen molar-refractivity contribution in [1.29, 1.82) is 0 Å². The Bertz CT molecular complexity index is 1820. The third kappa shape index (κ3) is 4.28.